The molecule has 2 amide bonds. The second-order valence-electron chi connectivity index (χ2n) is 4.37. The highest BCUT2D eigenvalue weighted by Gasteiger charge is 2.30. The van der Waals surface area contributed by atoms with Gasteiger partial charge in [-0.25, -0.2) is 0 Å². The van der Waals surface area contributed by atoms with Crippen LogP contribution < -0.4 is 5.73 Å². The molecule has 0 fully saturated rings. The molecule has 0 saturated carbocycles. The molecule has 2 aromatic carbocycles. The Balaban J connectivity index is 2.49. The van der Waals surface area contributed by atoms with Gasteiger partial charge in [-0.1, -0.05) is 18.2 Å². The maximum Gasteiger partial charge on any atom is 0.261 e. The first-order valence-corrected chi connectivity index (χ1v) is 5.72. The van der Waals surface area contributed by atoms with E-state index in [1.807, 2.05) is 18.2 Å². The van der Waals surface area contributed by atoms with E-state index in [4.69, 9.17) is 5.73 Å². The molecule has 0 radical (unpaired) electrons. The molecule has 0 spiro atoms. The fraction of sp³-hybridized carbons (Fsp3) is 0.143. The summed E-state index contributed by atoms with van der Waals surface area (Å²) in [5.41, 5.74) is 7.78. The first-order chi connectivity index (χ1) is 8.65. The van der Waals surface area contributed by atoms with Crippen LogP contribution in [0.3, 0.4) is 0 Å². The smallest absolute Gasteiger partial charge is 0.261 e. The van der Waals surface area contributed by atoms with Crippen LogP contribution in [0.5, 0.6) is 0 Å². The lowest BCUT2D eigenvalue weighted by Gasteiger charge is -2.24. The van der Waals surface area contributed by atoms with Gasteiger partial charge in [-0.2, -0.15) is 0 Å². The van der Waals surface area contributed by atoms with Crippen molar-refractivity contribution in [1.82, 2.24) is 4.90 Å². The zero-order chi connectivity index (χ0) is 12.9. The van der Waals surface area contributed by atoms with E-state index in [1.54, 1.807) is 12.1 Å². The first kappa shape index (κ1) is 10.9. The van der Waals surface area contributed by atoms with Crippen LogP contribution in [0.25, 0.3) is 10.8 Å². The lowest BCUT2D eigenvalue weighted by Crippen LogP contribution is -2.37. The average Bonchev–Trinajstić information content (AvgIpc) is 2.41. The molecule has 0 aromatic heterocycles. The lowest BCUT2D eigenvalue weighted by atomic mass is 9.91. The van der Waals surface area contributed by atoms with Crippen molar-refractivity contribution in [2.24, 2.45) is 5.73 Å². The topological polar surface area (TPSA) is 63.4 Å². The van der Waals surface area contributed by atoms with Crippen molar-refractivity contribution in [1.29, 1.82) is 0 Å². The van der Waals surface area contributed by atoms with Gasteiger partial charge in [-0.15, -0.1) is 0 Å². The van der Waals surface area contributed by atoms with Crippen molar-refractivity contribution in [2.45, 2.75) is 6.54 Å². The maximum atomic E-state index is 12.1. The Kier molecular flexibility index (Phi) is 2.21. The minimum Gasteiger partial charge on any atom is -0.326 e. The average molecular weight is 240 g/mol. The Labute approximate surface area is 104 Å². The summed E-state index contributed by atoms with van der Waals surface area (Å²) in [4.78, 5) is 25.3. The molecule has 4 heteroatoms. The van der Waals surface area contributed by atoms with Gasteiger partial charge in [0, 0.05) is 30.1 Å². The molecule has 1 aliphatic rings. The van der Waals surface area contributed by atoms with Crippen LogP contribution in [0.1, 0.15) is 26.3 Å². The summed E-state index contributed by atoms with van der Waals surface area (Å²) in [5.74, 6) is -0.514. The van der Waals surface area contributed by atoms with E-state index >= 15 is 0 Å². The molecule has 1 aliphatic heterocycles. The molecule has 0 unspecified atom stereocenters. The predicted molar refractivity (Wildman–Crippen MR) is 68.3 cm³/mol. The van der Waals surface area contributed by atoms with E-state index in [2.05, 4.69) is 0 Å². The van der Waals surface area contributed by atoms with E-state index in [1.165, 1.54) is 7.05 Å². The Bertz CT molecular complexity index is 669. The van der Waals surface area contributed by atoms with Crippen LogP contribution in [0, 0.1) is 0 Å². The molecular weight excluding hydrogens is 228 g/mol. The van der Waals surface area contributed by atoms with Gasteiger partial charge in [0.05, 0.1) is 0 Å². The Morgan fingerprint density at radius 3 is 2.39 bits per heavy atom. The number of imide groups is 1. The highest BCUT2D eigenvalue weighted by Crippen LogP contribution is 2.31. The van der Waals surface area contributed by atoms with E-state index in [0.717, 1.165) is 21.2 Å². The van der Waals surface area contributed by atoms with Crippen LogP contribution in [0.15, 0.2) is 30.3 Å². The first-order valence-electron chi connectivity index (χ1n) is 5.72. The molecule has 1 heterocycles. The van der Waals surface area contributed by atoms with Crippen LogP contribution in [0.4, 0.5) is 0 Å². The summed E-state index contributed by atoms with van der Waals surface area (Å²) in [6.45, 7) is 0.387. The van der Waals surface area contributed by atoms with E-state index < -0.39 is 0 Å². The van der Waals surface area contributed by atoms with Crippen molar-refractivity contribution in [3.8, 4) is 0 Å². The largest absolute Gasteiger partial charge is 0.326 e. The third kappa shape index (κ3) is 1.23. The van der Waals surface area contributed by atoms with Crippen molar-refractivity contribution in [3.63, 3.8) is 0 Å². The summed E-state index contributed by atoms with van der Waals surface area (Å²) in [7, 11) is 1.50. The number of amides is 2. The van der Waals surface area contributed by atoms with Gasteiger partial charge in [0.15, 0.2) is 0 Å². The standard InChI is InChI=1S/C14H12N2O2/c1-16-13(17)10-4-2-3-9-8(7-15)5-6-11(12(9)10)14(16)18/h2-6H,7,15H2,1H3. The van der Waals surface area contributed by atoms with Gasteiger partial charge in [0.25, 0.3) is 11.8 Å². The summed E-state index contributed by atoms with van der Waals surface area (Å²) in [6.07, 6.45) is 0. The second kappa shape index (κ2) is 3.65. The summed E-state index contributed by atoms with van der Waals surface area (Å²) in [6, 6.07) is 9.07. The third-order valence-corrected chi connectivity index (χ3v) is 3.42. The maximum absolute atomic E-state index is 12.1. The molecule has 0 atom stereocenters. The van der Waals surface area contributed by atoms with Gasteiger partial charge in [0.2, 0.25) is 0 Å². The fourth-order valence-corrected chi connectivity index (χ4v) is 2.46. The highest BCUT2D eigenvalue weighted by molar-refractivity contribution is 6.25. The molecule has 0 aliphatic carbocycles. The minimum atomic E-state index is -0.257. The molecule has 0 saturated heterocycles. The van der Waals surface area contributed by atoms with E-state index in [-0.39, 0.29) is 11.8 Å². The molecule has 18 heavy (non-hydrogen) atoms. The number of carbonyl (C=O) groups excluding carboxylic acids is 2. The summed E-state index contributed by atoms with van der Waals surface area (Å²) >= 11 is 0. The van der Waals surface area contributed by atoms with E-state index in [9.17, 15) is 9.59 Å². The molecule has 3 rings (SSSR count). The second-order valence-corrected chi connectivity index (χ2v) is 4.37. The van der Waals surface area contributed by atoms with Crippen molar-refractivity contribution >= 4 is 22.6 Å². The number of benzene rings is 2. The lowest BCUT2D eigenvalue weighted by molar-refractivity contribution is 0.0650. The van der Waals surface area contributed by atoms with Crippen molar-refractivity contribution < 1.29 is 9.59 Å². The van der Waals surface area contributed by atoms with Gasteiger partial charge < -0.3 is 5.73 Å². The number of carbonyl (C=O) groups is 2. The van der Waals surface area contributed by atoms with Crippen LogP contribution in [-0.4, -0.2) is 23.8 Å². The summed E-state index contributed by atoms with van der Waals surface area (Å²) < 4.78 is 0. The minimum absolute atomic E-state index is 0.257. The number of nitrogens with zero attached hydrogens (tertiary/aromatic N) is 1. The Morgan fingerprint density at radius 2 is 1.72 bits per heavy atom. The normalized spacial score (nSPS) is 14.4. The number of nitrogens with two attached hydrogens (primary N) is 1. The van der Waals surface area contributed by atoms with Crippen molar-refractivity contribution in [3.05, 3.63) is 47.0 Å². The Morgan fingerprint density at radius 1 is 1.06 bits per heavy atom. The van der Waals surface area contributed by atoms with Gasteiger partial charge >= 0.3 is 0 Å². The molecule has 2 N–H and O–H groups in total. The number of hydrogen-bond acceptors (Lipinski definition) is 3. The molecule has 2 aromatic rings. The predicted octanol–water partition coefficient (Wildman–Crippen LogP) is 1.52. The van der Waals surface area contributed by atoms with Gasteiger partial charge in [-0.3, -0.25) is 14.5 Å². The van der Waals surface area contributed by atoms with Crippen LogP contribution >= 0.6 is 0 Å². The Hall–Kier alpha value is -2.20. The quantitative estimate of drug-likeness (QED) is 0.769. The zero-order valence-corrected chi connectivity index (χ0v) is 9.93. The molecular formula is C14H12N2O2. The number of rotatable bonds is 1. The number of hydrogen-bond donors (Lipinski definition) is 1. The summed E-state index contributed by atoms with van der Waals surface area (Å²) in [5, 5.41) is 1.62. The van der Waals surface area contributed by atoms with Gasteiger partial charge in [0.1, 0.15) is 0 Å². The fourth-order valence-electron chi connectivity index (χ4n) is 2.46. The van der Waals surface area contributed by atoms with Crippen molar-refractivity contribution in [2.75, 3.05) is 7.05 Å². The van der Waals surface area contributed by atoms with E-state index in [0.29, 0.717) is 17.7 Å². The monoisotopic (exact) mass is 240 g/mol. The SMILES string of the molecule is CN1C(=O)c2cccc3c(CN)ccc(c23)C1=O. The van der Waals surface area contributed by atoms with Gasteiger partial charge in [-0.05, 0) is 23.1 Å². The zero-order valence-electron chi connectivity index (χ0n) is 9.93. The molecule has 4 nitrogen and oxygen atoms in total. The molecule has 90 valence electrons. The molecule has 0 bridgehead atoms. The van der Waals surface area contributed by atoms with Crippen LogP contribution in [0.2, 0.25) is 0 Å². The third-order valence-electron chi connectivity index (χ3n) is 3.42. The highest BCUT2D eigenvalue weighted by atomic mass is 16.2. The van der Waals surface area contributed by atoms with Crippen LogP contribution in [-0.2, 0) is 6.54 Å².